The number of hydrogen-bond donors (Lipinski definition) is 1. The van der Waals surface area contributed by atoms with Gasteiger partial charge in [-0.1, -0.05) is 29.3 Å². The van der Waals surface area contributed by atoms with Crippen molar-refractivity contribution in [1.29, 1.82) is 0 Å². The van der Waals surface area contributed by atoms with Crippen LogP contribution in [0.1, 0.15) is 5.56 Å². The van der Waals surface area contributed by atoms with Crippen LogP contribution in [-0.2, 0) is 0 Å². The molecular weight excluding hydrogens is 341 g/mol. The van der Waals surface area contributed by atoms with Crippen molar-refractivity contribution in [2.24, 2.45) is 5.10 Å². The number of aromatic nitrogens is 4. The summed E-state index contributed by atoms with van der Waals surface area (Å²) in [5.41, 5.74) is 1.53. The van der Waals surface area contributed by atoms with Gasteiger partial charge in [0.1, 0.15) is 0 Å². The molecule has 0 spiro atoms. The maximum Gasteiger partial charge on any atom is 0.216 e. The van der Waals surface area contributed by atoms with E-state index in [0.29, 0.717) is 20.6 Å². The van der Waals surface area contributed by atoms with Crippen molar-refractivity contribution in [2.75, 3.05) is 0 Å². The number of pyridine rings is 1. The first-order valence-electron chi connectivity index (χ1n) is 6.22. The second kappa shape index (κ2) is 6.39. The smallest absolute Gasteiger partial charge is 0.216 e. The first-order valence-corrected chi connectivity index (χ1v) is 7.39. The predicted molar refractivity (Wildman–Crippen MR) is 90.1 cm³/mol. The van der Waals surface area contributed by atoms with E-state index in [0.717, 1.165) is 11.1 Å². The molecule has 1 aromatic carbocycles. The maximum atomic E-state index is 6.12. The molecule has 3 rings (SSSR count). The average Bonchev–Trinajstić information content (AvgIpc) is 2.88. The molecule has 0 fully saturated rings. The Bertz CT molecular complexity index is 886. The predicted octanol–water partition coefficient (Wildman–Crippen LogP) is 4.19. The minimum atomic E-state index is 0.375. The van der Waals surface area contributed by atoms with Crippen molar-refractivity contribution in [3.8, 4) is 11.4 Å². The van der Waals surface area contributed by atoms with Crippen LogP contribution in [0.2, 0.25) is 10.0 Å². The van der Waals surface area contributed by atoms with E-state index in [1.807, 2.05) is 12.1 Å². The van der Waals surface area contributed by atoms with E-state index in [1.54, 1.807) is 36.8 Å². The molecule has 110 valence electrons. The summed E-state index contributed by atoms with van der Waals surface area (Å²) in [7, 11) is 0. The molecule has 0 radical (unpaired) electrons. The van der Waals surface area contributed by atoms with Crippen LogP contribution in [0.4, 0.5) is 0 Å². The van der Waals surface area contributed by atoms with Gasteiger partial charge in [0.05, 0.1) is 11.2 Å². The Labute approximate surface area is 141 Å². The van der Waals surface area contributed by atoms with E-state index in [4.69, 9.17) is 35.4 Å². The normalized spacial score (nSPS) is 11.2. The minimum Gasteiger partial charge on any atom is -0.264 e. The van der Waals surface area contributed by atoms with Crippen LogP contribution in [-0.4, -0.2) is 26.1 Å². The second-order valence-corrected chi connectivity index (χ2v) is 5.55. The van der Waals surface area contributed by atoms with Crippen LogP contribution in [0.3, 0.4) is 0 Å². The number of nitrogens with zero attached hydrogens (tertiary/aromatic N) is 4. The Kier molecular flexibility index (Phi) is 4.33. The zero-order valence-electron chi connectivity index (χ0n) is 11.1. The topological polar surface area (TPSA) is 58.9 Å². The fourth-order valence-electron chi connectivity index (χ4n) is 1.81. The molecular formula is C14H9Cl2N5S. The molecule has 0 aliphatic rings. The fraction of sp³-hybridized carbons (Fsp3) is 0. The van der Waals surface area contributed by atoms with Gasteiger partial charge >= 0.3 is 0 Å². The highest BCUT2D eigenvalue weighted by Crippen LogP contribution is 2.20. The summed E-state index contributed by atoms with van der Waals surface area (Å²) in [4.78, 5) is 4.06. The summed E-state index contributed by atoms with van der Waals surface area (Å²) < 4.78 is 1.89. The van der Waals surface area contributed by atoms with Crippen molar-refractivity contribution >= 4 is 41.6 Å². The molecule has 0 bridgehead atoms. The highest BCUT2D eigenvalue weighted by Gasteiger charge is 2.08. The Hall–Kier alpha value is -2.02. The number of H-pyrrole nitrogens is 1. The lowest BCUT2D eigenvalue weighted by Crippen LogP contribution is -1.95. The Morgan fingerprint density at radius 2 is 2.14 bits per heavy atom. The number of aromatic amines is 1. The first-order chi connectivity index (χ1) is 10.6. The molecule has 3 aromatic rings. The van der Waals surface area contributed by atoms with Crippen LogP contribution in [0.5, 0.6) is 0 Å². The number of rotatable bonds is 3. The van der Waals surface area contributed by atoms with Gasteiger partial charge in [-0.15, -0.1) is 0 Å². The molecule has 0 aliphatic heterocycles. The molecule has 1 N–H and O–H groups in total. The molecule has 0 amide bonds. The quantitative estimate of drug-likeness (QED) is 0.569. The lowest BCUT2D eigenvalue weighted by molar-refractivity contribution is 0.871. The summed E-state index contributed by atoms with van der Waals surface area (Å²) in [5.74, 6) is 0.569. The fourth-order valence-corrected chi connectivity index (χ4v) is 2.44. The van der Waals surface area contributed by atoms with Gasteiger partial charge in [0.25, 0.3) is 0 Å². The lowest BCUT2D eigenvalue weighted by atomic mass is 10.2. The highest BCUT2D eigenvalue weighted by molar-refractivity contribution is 7.71. The van der Waals surface area contributed by atoms with Gasteiger partial charge in [0.15, 0.2) is 5.82 Å². The van der Waals surface area contributed by atoms with Gasteiger partial charge in [0.2, 0.25) is 4.77 Å². The third-order valence-corrected chi connectivity index (χ3v) is 3.67. The standard InChI is InChI=1S/C14H9Cl2N5S/c15-11-4-3-9(12(16)6-11)8-18-21-13(19-20-14(21)22)10-2-1-5-17-7-10/h1-8H,(H,20,22)/b18-8+. The number of nitrogens with one attached hydrogen (secondary N) is 1. The van der Waals surface area contributed by atoms with Gasteiger partial charge in [-0.2, -0.15) is 14.9 Å². The number of benzene rings is 1. The second-order valence-electron chi connectivity index (χ2n) is 4.32. The van der Waals surface area contributed by atoms with Crippen LogP contribution in [0.15, 0.2) is 47.8 Å². The SMILES string of the molecule is S=c1[nH]nc(-c2cccnc2)n1/N=C/c1ccc(Cl)cc1Cl. The zero-order valence-corrected chi connectivity index (χ0v) is 13.4. The van der Waals surface area contributed by atoms with Gasteiger partial charge in [-0.05, 0) is 36.5 Å². The van der Waals surface area contributed by atoms with Gasteiger partial charge in [-0.3, -0.25) is 4.98 Å². The van der Waals surface area contributed by atoms with E-state index in [2.05, 4.69) is 20.3 Å². The Balaban J connectivity index is 2.01. The monoisotopic (exact) mass is 349 g/mol. The number of halogens is 2. The highest BCUT2D eigenvalue weighted by atomic mass is 35.5. The third-order valence-electron chi connectivity index (χ3n) is 2.84. The Morgan fingerprint density at radius 3 is 2.86 bits per heavy atom. The summed E-state index contributed by atoms with van der Waals surface area (Å²) in [6.45, 7) is 0. The first kappa shape index (κ1) is 14.9. The van der Waals surface area contributed by atoms with Crippen molar-refractivity contribution in [1.82, 2.24) is 19.9 Å². The molecule has 0 saturated carbocycles. The van der Waals surface area contributed by atoms with Gasteiger partial charge in [0, 0.05) is 28.5 Å². The summed E-state index contributed by atoms with van der Waals surface area (Å²) in [5, 5.41) is 12.3. The zero-order chi connectivity index (χ0) is 15.5. The summed E-state index contributed by atoms with van der Waals surface area (Å²) >= 11 is 17.2. The third kappa shape index (κ3) is 3.09. The Morgan fingerprint density at radius 1 is 1.27 bits per heavy atom. The van der Waals surface area contributed by atoms with Crippen LogP contribution < -0.4 is 0 Å². The van der Waals surface area contributed by atoms with Gasteiger partial charge < -0.3 is 0 Å². The van der Waals surface area contributed by atoms with Crippen molar-refractivity contribution in [3.63, 3.8) is 0 Å². The van der Waals surface area contributed by atoms with E-state index in [9.17, 15) is 0 Å². The summed E-state index contributed by atoms with van der Waals surface area (Å²) in [6, 6.07) is 8.87. The molecule has 2 aromatic heterocycles. The molecule has 8 heteroatoms. The molecule has 2 heterocycles. The van der Waals surface area contributed by atoms with Crippen molar-refractivity contribution < 1.29 is 0 Å². The number of hydrogen-bond acceptors (Lipinski definition) is 4. The molecule has 0 unspecified atom stereocenters. The van der Waals surface area contributed by atoms with Crippen molar-refractivity contribution in [3.05, 3.63) is 63.1 Å². The molecule has 0 atom stereocenters. The largest absolute Gasteiger partial charge is 0.264 e. The summed E-state index contributed by atoms with van der Waals surface area (Å²) in [6.07, 6.45) is 4.97. The molecule has 5 nitrogen and oxygen atoms in total. The van der Waals surface area contributed by atoms with E-state index in [1.165, 1.54) is 4.68 Å². The van der Waals surface area contributed by atoms with E-state index < -0.39 is 0 Å². The van der Waals surface area contributed by atoms with Crippen LogP contribution >= 0.6 is 35.4 Å². The minimum absolute atomic E-state index is 0.375. The molecule has 22 heavy (non-hydrogen) atoms. The molecule has 0 aliphatic carbocycles. The molecule has 0 saturated heterocycles. The average molecular weight is 350 g/mol. The van der Waals surface area contributed by atoms with E-state index >= 15 is 0 Å². The lowest BCUT2D eigenvalue weighted by Gasteiger charge is -2.01. The van der Waals surface area contributed by atoms with Crippen LogP contribution in [0.25, 0.3) is 11.4 Å². The van der Waals surface area contributed by atoms with E-state index in [-0.39, 0.29) is 0 Å². The maximum absolute atomic E-state index is 6.12. The van der Waals surface area contributed by atoms with Crippen LogP contribution in [0, 0.1) is 4.77 Å². The van der Waals surface area contributed by atoms with Gasteiger partial charge in [-0.25, -0.2) is 5.10 Å². The van der Waals surface area contributed by atoms with Crippen molar-refractivity contribution in [2.45, 2.75) is 0 Å².